The summed E-state index contributed by atoms with van der Waals surface area (Å²) in [6, 6.07) is 12.3. The highest BCUT2D eigenvalue weighted by atomic mass is 16.6. The minimum Gasteiger partial charge on any atom is -0.458 e. The Balaban J connectivity index is 1.45. The van der Waals surface area contributed by atoms with Gasteiger partial charge in [0.15, 0.2) is 11.9 Å². The number of anilines is 2. The molecular formula is C29H36N6O4. The van der Waals surface area contributed by atoms with Crippen LogP contribution in [0.4, 0.5) is 11.5 Å². The summed E-state index contributed by atoms with van der Waals surface area (Å²) in [5, 5.41) is 21.7. The highest BCUT2D eigenvalue weighted by Gasteiger charge is 2.43. The minimum absolute atomic E-state index is 0.0921. The number of benzene rings is 1. The first-order chi connectivity index (χ1) is 18.5. The van der Waals surface area contributed by atoms with Gasteiger partial charge in [0.1, 0.15) is 11.0 Å². The third kappa shape index (κ3) is 5.29. The van der Waals surface area contributed by atoms with Gasteiger partial charge in [0.2, 0.25) is 0 Å². The third-order valence-corrected chi connectivity index (χ3v) is 7.77. The number of aromatic nitrogens is 3. The Morgan fingerprint density at radius 2 is 2.05 bits per heavy atom. The van der Waals surface area contributed by atoms with Gasteiger partial charge in [-0.1, -0.05) is 19.1 Å². The molecule has 0 aliphatic carbocycles. The molecule has 3 aromatic rings. The number of hydrogen-bond acceptors (Lipinski definition) is 8. The summed E-state index contributed by atoms with van der Waals surface area (Å²) < 4.78 is 13.2. The van der Waals surface area contributed by atoms with E-state index in [1.807, 2.05) is 32.9 Å². The Labute approximate surface area is 227 Å². The number of carbonyl (C=O) groups excluding carboxylic acids is 1. The van der Waals surface area contributed by atoms with Gasteiger partial charge in [-0.3, -0.25) is 9.48 Å². The Bertz CT molecular complexity index is 1450. The van der Waals surface area contributed by atoms with Crippen LogP contribution in [0.3, 0.4) is 0 Å². The molecule has 0 saturated carbocycles. The van der Waals surface area contributed by atoms with E-state index in [0.717, 1.165) is 25.2 Å². The Kier molecular flexibility index (Phi) is 6.99. The summed E-state index contributed by atoms with van der Waals surface area (Å²) in [7, 11) is 0. The maximum absolute atomic E-state index is 13.0. The fourth-order valence-electron chi connectivity index (χ4n) is 5.58. The molecule has 2 aliphatic rings. The second kappa shape index (κ2) is 10.1. The molecule has 2 fully saturated rings. The third-order valence-electron chi connectivity index (χ3n) is 7.77. The highest BCUT2D eigenvalue weighted by molar-refractivity contribution is 5.91. The standard InChI is InChI=1S/C29H36N6O4/c1-27(2,3)39-26(37)22-9-11-29(12-14-30,18-38-22)35-21-10-15-32-25(36)23(21)24(34-35)33-20-7-5-19(6-8-20)28(4)13-16-31-17-28/h5-8,10,15,22,31H,9,11-13,16-18H2,1-4H3,(H,32,36)(H,33,34)/t22-,28?,29-/m0/s1. The molecule has 0 radical (unpaired) electrons. The maximum Gasteiger partial charge on any atom is 0.335 e. The molecule has 0 spiro atoms. The second-order valence-corrected chi connectivity index (χ2v) is 11.9. The molecule has 0 amide bonds. The second-order valence-electron chi connectivity index (χ2n) is 11.9. The lowest BCUT2D eigenvalue weighted by molar-refractivity contribution is -0.176. The van der Waals surface area contributed by atoms with E-state index >= 15 is 0 Å². The van der Waals surface area contributed by atoms with Crippen molar-refractivity contribution in [3.05, 3.63) is 52.4 Å². The van der Waals surface area contributed by atoms with Gasteiger partial charge in [0, 0.05) is 23.8 Å². The molecule has 10 nitrogen and oxygen atoms in total. The Hall–Kier alpha value is -3.68. The zero-order valence-corrected chi connectivity index (χ0v) is 23.0. The van der Waals surface area contributed by atoms with Crippen LogP contribution in [0.25, 0.3) is 10.9 Å². The molecule has 5 rings (SSSR count). The summed E-state index contributed by atoms with van der Waals surface area (Å²) in [6.45, 7) is 9.75. The predicted molar refractivity (Wildman–Crippen MR) is 148 cm³/mol. The molecule has 2 aromatic heterocycles. The molecule has 4 heterocycles. The smallest absolute Gasteiger partial charge is 0.335 e. The van der Waals surface area contributed by atoms with Crippen LogP contribution in [0.5, 0.6) is 0 Å². The SMILES string of the molecule is CC(C)(C)OC(=O)[C@@H]1CC[C@@](CC#N)(n2nc(Nc3ccc(C4(C)CCNC4)cc3)c3c(=O)[nH]ccc32)CO1. The molecule has 1 aromatic carbocycles. The molecule has 3 atom stereocenters. The van der Waals surface area contributed by atoms with E-state index in [1.54, 1.807) is 16.9 Å². The van der Waals surface area contributed by atoms with Gasteiger partial charge in [0.05, 0.1) is 30.2 Å². The first-order valence-electron chi connectivity index (χ1n) is 13.4. The van der Waals surface area contributed by atoms with E-state index in [-0.39, 0.29) is 24.0 Å². The van der Waals surface area contributed by atoms with Crippen LogP contribution in [-0.2, 0) is 25.2 Å². The lowest BCUT2D eigenvalue weighted by atomic mass is 9.82. The monoisotopic (exact) mass is 532 g/mol. The fourth-order valence-corrected chi connectivity index (χ4v) is 5.58. The van der Waals surface area contributed by atoms with Gasteiger partial charge < -0.3 is 25.1 Å². The van der Waals surface area contributed by atoms with Crippen LogP contribution in [-0.4, -0.2) is 52.1 Å². The lowest BCUT2D eigenvalue weighted by Crippen LogP contribution is -2.47. The van der Waals surface area contributed by atoms with E-state index in [0.29, 0.717) is 29.6 Å². The van der Waals surface area contributed by atoms with Crippen molar-refractivity contribution in [2.24, 2.45) is 0 Å². The molecule has 206 valence electrons. The molecule has 0 bridgehead atoms. The van der Waals surface area contributed by atoms with E-state index in [1.165, 1.54) is 5.56 Å². The van der Waals surface area contributed by atoms with Gasteiger partial charge in [-0.15, -0.1) is 0 Å². The molecule has 3 N–H and O–H groups in total. The zero-order chi connectivity index (χ0) is 27.8. The number of aromatic amines is 1. The number of esters is 1. The Morgan fingerprint density at radius 3 is 2.67 bits per heavy atom. The van der Waals surface area contributed by atoms with E-state index < -0.39 is 23.2 Å². The summed E-state index contributed by atoms with van der Waals surface area (Å²) in [5.74, 6) is -0.0113. The fraction of sp³-hybridized carbons (Fsp3) is 0.517. The van der Waals surface area contributed by atoms with Crippen LogP contribution in [0.2, 0.25) is 0 Å². The normalized spacial score (nSPS) is 25.4. The van der Waals surface area contributed by atoms with Gasteiger partial charge in [-0.2, -0.15) is 10.4 Å². The zero-order valence-electron chi connectivity index (χ0n) is 23.0. The summed E-state index contributed by atoms with van der Waals surface area (Å²) in [5.41, 5.74) is 1.03. The number of nitrogens with one attached hydrogen (secondary N) is 3. The minimum atomic E-state index is -0.840. The average Bonchev–Trinajstić information content (AvgIpc) is 3.50. The first kappa shape index (κ1) is 26.9. The number of pyridine rings is 1. The van der Waals surface area contributed by atoms with Crippen molar-refractivity contribution >= 4 is 28.4 Å². The maximum atomic E-state index is 13.0. The van der Waals surface area contributed by atoms with Crippen LogP contribution in [0.1, 0.15) is 58.9 Å². The Morgan fingerprint density at radius 1 is 1.28 bits per heavy atom. The van der Waals surface area contributed by atoms with Crippen molar-refractivity contribution < 1.29 is 14.3 Å². The number of carbonyl (C=O) groups is 1. The van der Waals surface area contributed by atoms with Crippen molar-refractivity contribution in [3.8, 4) is 6.07 Å². The van der Waals surface area contributed by atoms with Gasteiger partial charge in [-0.05, 0) is 70.3 Å². The molecular weight excluding hydrogens is 496 g/mol. The van der Waals surface area contributed by atoms with Crippen molar-refractivity contribution in [2.45, 2.75) is 76.0 Å². The van der Waals surface area contributed by atoms with Crippen LogP contribution >= 0.6 is 0 Å². The van der Waals surface area contributed by atoms with Gasteiger partial charge in [0.25, 0.3) is 5.56 Å². The number of hydrogen-bond donors (Lipinski definition) is 3. The van der Waals surface area contributed by atoms with Gasteiger partial charge in [-0.25, -0.2) is 4.79 Å². The number of H-pyrrole nitrogens is 1. The van der Waals surface area contributed by atoms with Crippen LogP contribution in [0, 0.1) is 11.3 Å². The lowest BCUT2D eigenvalue weighted by Gasteiger charge is -2.39. The predicted octanol–water partition coefficient (Wildman–Crippen LogP) is 3.85. The van der Waals surface area contributed by atoms with Crippen molar-refractivity contribution in [1.29, 1.82) is 5.26 Å². The van der Waals surface area contributed by atoms with Crippen molar-refractivity contribution in [3.63, 3.8) is 0 Å². The van der Waals surface area contributed by atoms with E-state index in [2.05, 4.69) is 40.7 Å². The largest absolute Gasteiger partial charge is 0.458 e. The molecule has 39 heavy (non-hydrogen) atoms. The molecule has 10 heteroatoms. The van der Waals surface area contributed by atoms with E-state index in [4.69, 9.17) is 14.6 Å². The highest BCUT2D eigenvalue weighted by Crippen LogP contribution is 2.38. The number of ether oxygens (including phenoxy) is 2. The first-order valence-corrected chi connectivity index (χ1v) is 13.4. The van der Waals surface area contributed by atoms with Gasteiger partial charge >= 0.3 is 5.97 Å². The molecule has 2 saturated heterocycles. The van der Waals surface area contributed by atoms with Crippen LogP contribution < -0.4 is 16.2 Å². The molecule has 1 unspecified atom stereocenters. The molecule has 2 aliphatic heterocycles. The number of rotatable bonds is 6. The quantitative estimate of drug-likeness (QED) is 0.408. The van der Waals surface area contributed by atoms with Crippen molar-refractivity contribution in [2.75, 3.05) is 25.0 Å². The number of nitriles is 1. The number of fused-ring (bicyclic) bond motifs is 1. The average molecular weight is 533 g/mol. The van der Waals surface area contributed by atoms with Crippen LogP contribution in [0.15, 0.2) is 41.3 Å². The summed E-state index contributed by atoms with van der Waals surface area (Å²) >= 11 is 0. The number of nitrogens with zero attached hydrogens (tertiary/aromatic N) is 3. The van der Waals surface area contributed by atoms with Crippen molar-refractivity contribution in [1.82, 2.24) is 20.1 Å². The topological polar surface area (TPSA) is 134 Å². The summed E-state index contributed by atoms with van der Waals surface area (Å²) in [4.78, 5) is 28.3. The summed E-state index contributed by atoms with van der Waals surface area (Å²) in [6.07, 6.45) is 2.90. The van der Waals surface area contributed by atoms with E-state index in [9.17, 15) is 14.9 Å².